The Bertz CT molecular complexity index is 668. The van der Waals surface area contributed by atoms with Crippen LogP contribution in [0.2, 0.25) is 0 Å². The summed E-state index contributed by atoms with van der Waals surface area (Å²) in [6.45, 7) is 7.74. The van der Waals surface area contributed by atoms with Crippen molar-refractivity contribution < 1.29 is 4.74 Å². The highest BCUT2D eigenvalue weighted by molar-refractivity contribution is 5.33. The maximum Gasteiger partial charge on any atom is 0.0663 e. The summed E-state index contributed by atoms with van der Waals surface area (Å²) in [7, 11) is 0. The fraction of sp³-hybridized carbons (Fsp3) is 0.571. The summed E-state index contributed by atoms with van der Waals surface area (Å²) >= 11 is 0. The van der Waals surface area contributed by atoms with E-state index in [-0.39, 0.29) is 0 Å². The number of rotatable bonds is 4. The third kappa shape index (κ3) is 3.96. The van der Waals surface area contributed by atoms with Gasteiger partial charge in [-0.25, -0.2) is 4.68 Å². The summed E-state index contributed by atoms with van der Waals surface area (Å²) in [5.74, 6) is 1.44. The lowest BCUT2D eigenvalue weighted by Crippen LogP contribution is -2.38. The van der Waals surface area contributed by atoms with Gasteiger partial charge >= 0.3 is 0 Å². The molecule has 0 bridgehead atoms. The molecule has 0 amide bonds. The normalized spacial score (nSPS) is 20.8. The second kappa shape index (κ2) is 7.71. The van der Waals surface area contributed by atoms with Crippen molar-refractivity contribution in [3.8, 4) is 5.69 Å². The zero-order valence-electron chi connectivity index (χ0n) is 15.2. The Morgan fingerprint density at radius 2 is 1.76 bits per heavy atom. The first-order chi connectivity index (χ1) is 12.3. The van der Waals surface area contributed by atoms with Crippen molar-refractivity contribution in [1.82, 2.24) is 14.7 Å². The number of hydrogen-bond donors (Lipinski definition) is 0. The van der Waals surface area contributed by atoms with Gasteiger partial charge in [0.15, 0.2) is 0 Å². The van der Waals surface area contributed by atoms with Gasteiger partial charge in [0.25, 0.3) is 0 Å². The molecular formula is C21H29N3O. The first-order valence-electron chi connectivity index (χ1n) is 9.71. The monoisotopic (exact) mass is 339 g/mol. The summed E-state index contributed by atoms with van der Waals surface area (Å²) in [4.78, 5) is 2.66. The Morgan fingerprint density at radius 1 is 1.04 bits per heavy atom. The van der Waals surface area contributed by atoms with Gasteiger partial charge in [-0.1, -0.05) is 18.2 Å². The van der Waals surface area contributed by atoms with Gasteiger partial charge in [-0.2, -0.15) is 5.10 Å². The van der Waals surface area contributed by atoms with Gasteiger partial charge in [0.2, 0.25) is 0 Å². The minimum absolute atomic E-state index is 0.606. The van der Waals surface area contributed by atoms with Crippen LogP contribution in [0.3, 0.4) is 0 Å². The SMILES string of the molecule is Cc1cc(C2CCN(CC3CCOCC3)CC2)nn1-c1ccccc1. The first kappa shape index (κ1) is 16.8. The molecule has 0 spiro atoms. The Labute approximate surface area is 150 Å². The number of para-hydroxylation sites is 1. The fourth-order valence-corrected chi connectivity index (χ4v) is 4.23. The molecule has 2 aromatic rings. The van der Waals surface area contributed by atoms with Crippen LogP contribution in [0.25, 0.3) is 5.69 Å². The predicted octanol–water partition coefficient (Wildman–Crippen LogP) is 3.79. The van der Waals surface area contributed by atoms with Crippen LogP contribution < -0.4 is 0 Å². The van der Waals surface area contributed by atoms with Crippen LogP contribution in [-0.4, -0.2) is 47.5 Å². The summed E-state index contributed by atoms with van der Waals surface area (Å²) in [5.41, 5.74) is 3.65. The molecule has 3 heterocycles. The van der Waals surface area contributed by atoms with Crippen LogP contribution in [-0.2, 0) is 4.74 Å². The van der Waals surface area contributed by atoms with Gasteiger partial charge in [0.05, 0.1) is 11.4 Å². The van der Waals surface area contributed by atoms with Gasteiger partial charge in [0.1, 0.15) is 0 Å². The first-order valence-corrected chi connectivity index (χ1v) is 9.71. The zero-order valence-corrected chi connectivity index (χ0v) is 15.2. The molecule has 2 aliphatic rings. The molecule has 4 heteroatoms. The molecule has 4 rings (SSSR count). The van der Waals surface area contributed by atoms with E-state index in [1.807, 2.05) is 0 Å². The second-order valence-corrected chi connectivity index (χ2v) is 7.59. The van der Waals surface area contributed by atoms with Gasteiger partial charge in [-0.15, -0.1) is 0 Å². The van der Waals surface area contributed by atoms with Crippen LogP contribution in [0.1, 0.15) is 43.0 Å². The lowest BCUT2D eigenvalue weighted by molar-refractivity contribution is 0.0487. The van der Waals surface area contributed by atoms with E-state index in [0.717, 1.165) is 24.8 Å². The average Bonchev–Trinajstić information content (AvgIpc) is 3.06. The summed E-state index contributed by atoms with van der Waals surface area (Å²) in [5, 5.41) is 4.93. The highest BCUT2D eigenvalue weighted by Gasteiger charge is 2.25. The summed E-state index contributed by atoms with van der Waals surface area (Å²) in [6.07, 6.45) is 4.93. The van der Waals surface area contributed by atoms with Gasteiger partial charge < -0.3 is 9.64 Å². The number of piperidine rings is 1. The molecule has 134 valence electrons. The number of ether oxygens (including phenoxy) is 1. The van der Waals surface area contributed by atoms with Crippen LogP contribution >= 0.6 is 0 Å². The maximum atomic E-state index is 5.48. The molecule has 25 heavy (non-hydrogen) atoms. The van der Waals surface area contributed by atoms with Gasteiger partial charge in [-0.3, -0.25) is 0 Å². The molecule has 0 radical (unpaired) electrons. The molecule has 0 atom stereocenters. The van der Waals surface area contributed by atoms with Crippen molar-refractivity contribution in [3.05, 3.63) is 47.8 Å². The van der Waals surface area contributed by atoms with E-state index in [9.17, 15) is 0 Å². The number of aromatic nitrogens is 2. The number of benzene rings is 1. The molecule has 2 saturated heterocycles. The van der Waals surface area contributed by atoms with Crippen LogP contribution in [0, 0.1) is 12.8 Å². The third-order valence-corrected chi connectivity index (χ3v) is 5.77. The van der Waals surface area contributed by atoms with Crippen molar-refractivity contribution in [2.45, 2.75) is 38.5 Å². The number of aryl methyl sites for hydroxylation is 1. The Morgan fingerprint density at radius 3 is 2.48 bits per heavy atom. The quantitative estimate of drug-likeness (QED) is 0.849. The lowest BCUT2D eigenvalue weighted by Gasteiger charge is -2.34. The van der Waals surface area contributed by atoms with Crippen LogP contribution in [0.4, 0.5) is 0 Å². The van der Waals surface area contributed by atoms with Crippen LogP contribution in [0.5, 0.6) is 0 Å². The molecule has 1 aromatic carbocycles. The highest BCUT2D eigenvalue weighted by Crippen LogP contribution is 2.29. The number of hydrogen-bond acceptors (Lipinski definition) is 3. The summed E-state index contributed by atoms with van der Waals surface area (Å²) < 4.78 is 7.57. The molecule has 0 N–H and O–H groups in total. The van der Waals surface area contributed by atoms with Crippen LogP contribution in [0.15, 0.2) is 36.4 Å². The van der Waals surface area contributed by atoms with E-state index in [1.54, 1.807) is 0 Å². The number of likely N-dealkylation sites (tertiary alicyclic amines) is 1. The lowest BCUT2D eigenvalue weighted by atomic mass is 9.92. The number of nitrogens with zero attached hydrogens (tertiary/aromatic N) is 3. The highest BCUT2D eigenvalue weighted by atomic mass is 16.5. The van der Waals surface area contributed by atoms with E-state index in [2.05, 4.69) is 52.9 Å². The van der Waals surface area contributed by atoms with E-state index in [0.29, 0.717) is 5.92 Å². The standard InChI is InChI=1S/C21H29N3O/c1-17-15-21(22-24(17)20-5-3-2-4-6-20)19-7-11-23(12-8-19)16-18-9-13-25-14-10-18/h2-6,15,18-19H,7-14,16H2,1H3. The fourth-order valence-electron chi connectivity index (χ4n) is 4.23. The van der Waals surface area contributed by atoms with Crippen molar-refractivity contribution in [3.63, 3.8) is 0 Å². The van der Waals surface area contributed by atoms with Gasteiger partial charge in [0, 0.05) is 31.4 Å². The van der Waals surface area contributed by atoms with Crippen molar-refractivity contribution in [2.24, 2.45) is 5.92 Å². The minimum atomic E-state index is 0.606. The second-order valence-electron chi connectivity index (χ2n) is 7.59. The predicted molar refractivity (Wildman–Crippen MR) is 100 cm³/mol. The molecule has 0 unspecified atom stereocenters. The van der Waals surface area contributed by atoms with Gasteiger partial charge in [-0.05, 0) is 69.8 Å². The molecular weight excluding hydrogens is 310 g/mol. The van der Waals surface area contributed by atoms with E-state index in [4.69, 9.17) is 9.84 Å². The Balaban J connectivity index is 1.36. The molecule has 1 aromatic heterocycles. The van der Waals surface area contributed by atoms with Crippen molar-refractivity contribution >= 4 is 0 Å². The average molecular weight is 339 g/mol. The largest absolute Gasteiger partial charge is 0.381 e. The Hall–Kier alpha value is -1.65. The molecule has 0 aliphatic carbocycles. The zero-order chi connectivity index (χ0) is 17.1. The smallest absolute Gasteiger partial charge is 0.0663 e. The molecule has 0 saturated carbocycles. The third-order valence-electron chi connectivity index (χ3n) is 5.77. The molecule has 2 aliphatic heterocycles. The molecule has 2 fully saturated rings. The van der Waals surface area contributed by atoms with E-state index >= 15 is 0 Å². The molecule has 4 nitrogen and oxygen atoms in total. The minimum Gasteiger partial charge on any atom is -0.381 e. The Kier molecular flexibility index (Phi) is 5.18. The van der Waals surface area contributed by atoms with E-state index in [1.165, 1.54) is 56.7 Å². The van der Waals surface area contributed by atoms with E-state index < -0.39 is 0 Å². The topological polar surface area (TPSA) is 30.3 Å². The van der Waals surface area contributed by atoms with Crippen molar-refractivity contribution in [2.75, 3.05) is 32.8 Å². The summed E-state index contributed by atoms with van der Waals surface area (Å²) in [6, 6.07) is 12.7. The van der Waals surface area contributed by atoms with Crippen molar-refractivity contribution in [1.29, 1.82) is 0 Å². The maximum absolute atomic E-state index is 5.48.